The molecule has 0 aliphatic heterocycles. The summed E-state index contributed by atoms with van der Waals surface area (Å²) in [4.78, 5) is 30.0. The Morgan fingerprint density at radius 2 is 1.96 bits per heavy atom. The number of carbonyl (C=O) groups is 1. The molecule has 2 heterocycles. The molecule has 1 saturated carbocycles. The van der Waals surface area contributed by atoms with Crippen molar-refractivity contribution < 1.29 is 4.79 Å². The quantitative estimate of drug-likeness (QED) is 0.381. The van der Waals surface area contributed by atoms with Gasteiger partial charge in [-0.15, -0.1) is 0 Å². The first-order chi connectivity index (χ1) is 12.9. The number of hydrogen-bond acceptors (Lipinski definition) is 4. The third kappa shape index (κ3) is 3.23. The second-order valence-electron chi connectivity index (χ2n) is 7.38. The number of carbonyl (C=O) groups excluding carboxylic acids is 1. The fourth-order valence-corrected chi connectivity index (χ4v) is 4.51. The van der Waals surface area contributed by atoms with E-state index in [1.54, 1.807) is 7.05 Å². The Bertz CT molecular complexity index is 1120. The van der Waals surface area contributed by atoms with Crippen molar-refractivity contribution in [3.8, 4) is 0 Å². The number of hydrogen-bond donors (Lipinski definition) is 0. The summed E-state index contributed by atoms with van der Waals surface area (Å²) >= 11 is 1.32. The van der Waals surface area contributed by atoms with Crippen LogP contribution in [0.2, 0.25) is 0 Å². The number of rotatable bonds is 5. The molecule has 0 spiro atoms. The standard InChI is InChI=1S/C21H23N3O2S/c1-12-5-8-18-17(9-12)20(26)23(4)21(22-18)27-11-19(25)16-10-13(2)24(14(16)3)15-6-7-15/h5,8-10,15H,6-7,11H2,1-4H3. The molecule has 0 amide bonds. The van der Waals surface area contributed by atoms with Gasteiger partial charge in [0, 0.05) is 30.0 Å². The average Bonchev–Trinajstić information content (AvgIpc) is 3.42. The van der Waals surface area contributed by atoms with Crippen LogP contribution in [0.5, 0.6) is 0 Å². The van der Waals surface area contributed by atoms with E-state index < -0.39 is 0 Å². The lowest BCUT2D eigenvalue weighted by Crippen LogP contribution is -2.20. The highest BCUT2D eigenvalue weighted by atomic mass is 32.2. The number of aryl methyl sites for hydroxylation is 2. The zero-order valence-electron chi connectivity index (χ0n) is 16.1. The van der Waals surface area contributed by atoms with Gasteiger partial charge in [0.2, 0.25) is 0 Å². The second kappa shape index (κ2) is 6.68. The molecule has 6 heteroatoms. The van der Waals surface area contributed by atoms with Gasteiger partial charge in [0.15, 0.2) is 10.9 Å². The number of aromatic nitrogens is 3. The molecule has 1 aromatic carbocycles. The first-order valence-corrected chi connectivity index (χ1v) is 10.2. The number of benzene rings is 1. The highest BCUT2D eigenvalue weighted by molar-refractivity contribution is 7.99. The first kappa shape index (κ1) is 18.0. The second-order valence-corrected chi connectivity index (χ2v) is 8.32. The molecule has 27 heavy (non-hydrogen) atoms. The smallest absolute Gasteiger partial charge is 0.261 e. The van der Waals surface area contributed by atoms with Gasteiger partial charge >= 0.3 is 0 Å². The summed E-state index contributed by atoms with van der Waals surface area (Å²) in [6.45, 7) is 6.04. The lowest BCUT2D eigenvalue weighted by Gasteiger charge is -2.09. The summed E-state index contributed by atoms with van der Waals surface area (Å²) in [5, 5.41) is 1.18. The van der Waals surface area contributed by atoms with Gasteiger partial charge in [-0.3, -0.25) is 14.2 Å². The van der Waals surface area contributed by atoms with E-state index in [1.807, 2.05) is 38.1 Å². The van der Waals surface area contributed by atoms with E-state index in [1.165, 1.54) is 29.2 Å². The van der Waals surface area contributed by atoms with Gasteiger partial charge < -0.3 is 4.57 Å². The van der Waals surface area contributed by atoms with E-state index in [-0.39, 0.29) is 17.1 Å². The maximum Gasteiger partial charge on any atom is 0.261 e. The molecule has 140 valence electrons. The summed E-state index contributed by atoms with van der Waals surface area (Å²) in [5.41, 5.74) is 4.61. The molecule has 0 atom stereocenters. The maximum absolute atomic E-state index is 12.8. The Labute approximate surface area is 162 Å². The van der Waals surface area contributed by atoms with Gasteiger partial charge in [-0.2, -0.15) is 0 Å². The van der Waals surface area contributed by atoms with E-state index >= 15 is 0 Å². The van der Waals surface area contributed by atoms with Crippen LogP contribution in [0.3, 0.4) is 0 Å². The van der Waals surface area contributed by atoms with Crippen molar-refractivity contribution in [1.29, 1.82) is 0 Å². The van der Waals surface area contributed by atoms with Gasteiger partial charge in [0.05, 0.1) is 16.7 Å². The van der Waals surface area contributed by atoms with Crippen LogP contribution in [0, 0.1) is 20.8 Å². The summed E-state index contributed by atoms with van der Waals surface area (Å²) in [7, 11) is 1.71. The minimum Gasteiger partial charge on any atom is -0.345 e. The topological polar surface area (TPSA) is 56.9 Å². The van der Waals surface area contributed by atoms with Gasteiger partial charge in [-0.1, -0.05) is 23.4 Å². The van der Waals surface area contributed by atoms with Crippen LogP contribution in [0.25, 0.3) is 10.9 Å². The van der Waals surface area contributed by atoms with Crippen molar-refractivity contribution in [2.45, 2.75) is 44.8 Å². The molecule has 5 nitrogen and oxygen atoms in total. The van der Waals surface area contributed by atoms with E-state index in [0.29, 0.717) is 22.1 Å². The third-order valence-electron chi connectivity index (χ3n) is 5.22. The molecular formula is C21H23N3O2S. The molecule has 0 unspecified atom stereocenters. The maximum atomic E-state index is 12.8. The summed E-state index contributed by atoms with van der Waals surface area (Å²) < 4.78 is 3.82. The highest BCUT2D eigenvalue weighted by Gasteiger charge is 2.28. The van der Waals surface area contributed by atoms with Crippen molar-refractivity contribution in [3.63, 3.8) is 0 Å². The number of Topliss-reactive ketones (excluding diaryl/α,β-unsaturated/α-hetero) is 1. The van der Waals surface area contributed by atoms with Crippen LogP contribution in [0.4, 0.5) is 0 Å². The van der Waals surface area contributed by atoms with Crippen LogP contribution >= 0.6 is 11.8 Å². The number of fused-ring (bicyclic) bond motifs is 1. The van der Waals surface area contributed by atoms with E-state index in [2.05, 4.69) is 16.5 Å². The molecule has 0 radical (unpaired) electrons. The number of thioether (sulfide) groups is 1. The predicted octanol–water partition coefficient (Wildman–Crippen LogP) is 3.97. The zero-order chi connectivity index (χ0) is 19.3. The van der Waals surface area contributed by atoms with Gasteiger partial charge in [0.25, 0.3) is 5.56 Å². The van der Waals surface area contributed by atoms with E-state index in [0.717, 1.165) is 22.5 Å². The highest BCUT2D eigenvalue weighted by Crippen LogP contribution is 2.38. The zero-order valence-corrected chi connectivity index (χ0v) is 16.9. The lowest BCUT2D eigenvalue weighted by molar-refractivity contribution is 0.102. The fourth-order valence-electron chi connectivity index (χ4n) is 3.66. The van der Waals surface area contributed by atoms with Crippen LogP contribution in [-0.2, 0) is 7.05 Å². The largest absolute Gasteiger partial charge is 0.345 e. The van der Waals surface area contributed by atoms with Crippen LogP contribution in [0.1, 0.15) is 46.2 Å². The molecule has 1 aliphatic rings. The van der Waals surface area contributed by atoms with Crippen molar-refractivity contribution >= 4 is 28.4 Å². The van der Waals surface area contributed by atoms with Crippen LogP contribution in [0.15, 0.2) is 34.2 Å². The molecule has 2 aromatic heterocycles. The Balaban J connectivity index is 1.59. The monoisotopic (exact) mass is 381 g/mol. The van der Waals surface area contributed by atoms with Crippen LogP contribution < -0.4 is 5.56 Å². The summed E-state index contributed by atoms with van der Waals surface area (Å²) in [6, 6.07) is 8.22. The van der Waals surface area contributed by atoms with E-state index in [4.69, 9.17) is 0 Å². The van der Waals surface area contributed by atoms with Gasteiger partial charge in [-0.05, 0) is 51.8 Å². The molecule has 4 rings (SSSR count). The Morgan fingerprint density at radius 1 is 1.22 bits per heavy atom. The molecule has 3 aromatic rings. The third-order valence-corrected chi connectivity index (χ3v) is 6.25. The first-order valence-electron chi connectivity index (χ1n) is 9.18. The Hall–Kier alpha value is -2.34. The minimum absolute atomic E-state index is 0.0782. The predicted molar refractivity (Wildman–Crippen MR) is 109 cm³/mol. The normalized spacial score (nSPS) is 14.1. The molecular weight excluding hydrogens is 358 g/mol. The van der Waals surface area contributed by atoms with Crippen molar-refractivity contribution in [2.75, 3.05) is 5.75 Å². The molecule has 1 aliphatic carbocycles. The van der Waals surface area contributed by atoms with E-state index in [9.17, 15) is 9.59 Å². The summed E-state index contributed by atoms with van der Waals surface area (Å²) in [6.07, 6.45) is 2.39. The molecule has 0 N–H and O–H groups in total. The van der Waals surface area contributed by atoms with Crippen molar-refractivity contribution in [2.24, 2.45) is 7.05 Å². The van der Waals surface area contributed by atoms with Crippen molar-refractivity contribution in [1.82, 2.24) is 14.1 Å². The SMILES string of the molecule is Cc1ccc2nc(SCC(=O)c3cc(C)n(C4CC4)c3C)n(C)c(=O)c2c1. The molecule has 0 bridgehead atoms. The van der Waals surface area contributed by atoms with Gasteiger partial charge in [0.1, 0.15) is 0 Å². The minimum atomic E-state index is -0.0782. The number of nitrogens with zero attached hydrogens (tertiary/aromatic N) is 3. The van der Waals surface area contributed by atoms with Crippen LogP contribution in [-0.4, -0.2) is 25.7 Å². The van der Waals surface area contributed by atoms with Gasteiger partial charge in [-0.25, -0.2) is 4.98 Å². The molecule has 0 saturated heterocycles. The Kier molecular flexibility index (Phi) is 4.46. The summed E-state index contributed by atoms with van der Waals surface area (Å²) in [5.74, 6) is 0.352. The Morgan fingerprint density at radius 3 is 2.67 bits per heavy atom. The average molecular weight is 382 g/mol. The van der Waals surface area contributed by atoms with Crippen molar-refractivity contribution in [3.05, 3.63) is 57.1 Å². The number of ketones is 1. The fraction of sp³-hybridized carbons (Fsp3) is 0.381. The lowest BCUT2D eigenvalue weighted by atomic mass is 10.2. The molecule has 1 fully saturated rings.